The van der Waals surface area contributed by atoms with Gasteiger partial charge in [-0.3, -0.25) is 4.79 Å². The molecule has 27 heavy (non-hydrogen) atoms. The molecule has 0 bridgehead atoms. The monoisotopic (exact) mass is 370 g/mol. The van der Waals surface area contributed by atoms with Crippen LogP contribution in [0.3, 0.4) is 0 Å². The van der Waals surface area contributed by atoms with Gasteiger partial charge in [0.05, 0.1) is 10.2 Å². The van der Waals surface area contributed by atoms with E-state index in [0.717, 1.165) is 37.6 Å². The zero-order valence-electron chi connectivity index (χ0n) is 14.8. The number of aryl methyl sites for hydroxylation is 1. The van der Waals surface area contributed by atoms with E-state index < -0.39 is 0 Å². The molecule has 0 aliphatic rings. The van der Waals surface area contributed by atoms with Crippen LogP contribution in [0.15, 0.2) is 78.9 Å². The second-order valence-corrected chi connectivity index (χ2v) is 7.28. The summed E-state index contributed by atoms with van der Waals surface area (Å²) in [6, 6.07) is 23.9. The van der Waals surface area contributed by atoms with Crippen molar-refractivity contribution in [3.63, 3.8) is 0 Å². The van der Waals surface area contributed by atoms with Gasteiger partial charge < -0.3 is 5.32 Å². The summed E-state index contributed by atoms with van der Waals surface area (Å²) in [4.78, 5) is 17.0. The van der Waals surface area contributed by atoms with Gasteiger partial charge in [0.2, 0.25) is 5.91 Å². The summed E-state index contributed by atoms with van der Waals surface area (Å²) in [5, 5.41) is 3.93. The topological polar surface area (TPSA) is 42.0 Å². The molecular weight excluding hydrogens is 352 g/mol. The Morgan fingerprint density at radius 1 is 1.00 bits per heavy atom. The molecule has 4 heteroatoms. The van der Waals surface area contributed by atoms with Gasteiger partial charge in [-0.1, -0.05) is 54.6 Å². The lowest BCUT2D eigenvalue weighted by molar-refractivity contribution is -0.111. The lowest BCUT2D eigenvalue weighted by Crippen LogP contribution is -2.09. The minimum atomic E-state index is -0.150. The molecule has 0 unspecified atom stereocenters. The van der Waals surface area contributed by atoms with E-state index in [9.17, 15) is 4.79 Å². The van der Waals surface area contributed by atoms with Gasteiger partial charge in [-0.2, -0.15) is 0 Å². The molecule has 1 aromatic heterocycles. The zero-order chi connectivity index (χ0) is 18.6. The highest BCUT2D eigenvalue weighted by molar-refractivity contribution is 7.21. The number of hydrogen-bond donors (Lipinski definition) is 1. The van der Waals surface area contributed by atoms with Gasteiger partial charge >= 0.3 is 0 Å². The fourth-order valence-electron chi connectivity index (χ4n) is 2.80. The van der Waals surface area contributed by atoms with Gasteiger partial charge in [0.15, 0.2) is 0 Å². The fourth-order valence-corrected chi connectivity index (χ4v) is 3.76. The van der Waals surface area contributed by atoms with E-state index in [2.05, 4.69) is 11.4 Å². The van der Waals surface area contributed by atoms with Crippen LogP contribution in [0.2, 0.25) is 0 Å². The van der Waals surface area contributed by atoms with Crippen LogP contribution in [0.1, 0.15) is 11.1 Å². The van der Waals surface area contributed by atoms with Crippen LogP contribution in [0.5, 0.6) is 0 Å². The Bertz CT molecular complexity index is 1100. The molecular formula is C23H18N2OS. The molecule has 132 valence electrons. The molecule has 4 aromatic rings. The molecule has 0 aliphatic carbocycles. The number of nitrogens with one attached hydrogen (secondary N) is 1. The fraction of sp³-hybridized carbons (Fsp3) is 0.0435. The number of carbonyl (C=O) groups is 1. The SMILES string of the molecule is Cc1ccc(-c2nc3ccccc3s2)cc1NC(=O)/C=C\c1ccccc1. The van der Waals surface area contributed by atoms with Crippen molar-refractivity contribution in [3.8, 4) is 10.6 Å². The predicted molar refractivity (Wildman–Crippen MR) is 114 cm³/mol. The first-order chi connectivity index (χ1) is 13.2. The van der Waals surface area contributed by atoms with Crippen LogP contribution in [-0.4, -0.2) is 10.9 Å². The number of nitrogens with zero attached hydrogens (tertiary/aromatic N) is 1. The maximum Gasteiger partial charge on any atom is 0.248 e. The number of fused-ring (bicyclic) bond motifs is 1. The number of thiazole rings is 1. The number of para-hydroxylation sites is 1. The molecule has 4 rings (SSSR count). The highest BCUT2D eigenvalue weighted by Crippen LogP contribution is 2.32. The van der Waals surface area contributed by atoms with Crippen molar-refractivity contribution in [1.29, 1.82) is 0 Å². The Balaban J connectivity index is 1.57. The van der Waals surface area contributed by atoms with E-state index in [0.29, 0.717) is 0 Å². The molecule has 1 amide bonds. The summed E-state index contributed by atoms with van der Waals surface area (Å²) in [6.07, 6.45) is 3.36. The molecule has 0 fully saturated rings. The first kappa shape index (κ1) is 17.2. The van der Waals surface area contributed by atoms with E-state index in [1.54, 1.807) is 17.4 Å². The molecule has 0 spiro atoms. The van der Waals surface area contributed by atoms with Crippen molar-refractivity contribution < 1.29 is 4.79 Å². The molecule has 3 aromatic carbocycles. The van der Waals surface area contributed by atoms with Crippen LogP contribution in [-0.2, 0) is 4.79 Å². The molecule has 0 radical (unpaired) electrons. The quantitative estimate of drug-likeness (QED) is 0.453. The van der Waals surface area contributed by atoms with Gasteiger partial charge in [-0.05, 0) is 42.3 Å². The second-order valence-electron chi connectivity index (χ2n) is 6.25. The van der Waals surface area contributed by atoms with Crippen LogP contribution in [0, 0.1) is 6.92 Å². The van der Waals surface area contributed by atoms with Crippen molar-refractivity contribution in [3.05, 3.63) is 90.0 Å². The lowest BCUT2D eigenvalue weighted by atomic mass is 10.1. The van der Waals surface area contributed by atoms with Gasteiger partial charge in [0.25, 0.3) is 0 Å². The summed E-state index contributed by atoms with van der Waals surface area (Å²) in [7, 11) is 0. The molecule has 0 saturated heterocycles. The summed E-state index contributed by atoms with van der Waals surface area (Å²) in [5.41, 5.74) is 4.81. The van der Waals surface area contributed by atoms with Crippen LogP contribution in [0.25, 0.3) is 26.9 Å². The maximum absolute atomic E-state index is 12.3. The molecule has 0 aliphatic heterocycles. The summed E-state index contributed by atoms with van der Waals surface area (Å²) in [5.74, 6) is -0.150. The highest BCUT2D eigenvalue weighted by Gasteiger charge is 2.09. The van der Waals surface area contributed by atoms with Crippen molar-refractivity contribution in [2.24, 2.45) is 0 Å². The normalized spacial score (nSPS) is 11.1. The Labute approximate surface area is 162 Å². The number of aromatic nitrogens is 1. The summed E-state index contributed by atoms with van der Waals surface area (Å²) >= 11 is 1.65. The Morgan fingerprint density at radius 3 is 2.59 bits per heavy atom. The van der Waals surface area contributed by atoms with Crippen molar-refractivity contribution in [1.82, 2.24) is 4.98 Å². The van der Waals surface area contributed by atoms with Crippen molar-refractivity contribution in [2.45, 2.75) is 6.92 Å². The van der Waals surface area contributed by atoms with E-state index >= 15 is 0 Å². The van der Waals surface area contributed by atoms with Crippen LogP contribution in [0.4, 0.5) is 5.69 Å². The summed E-state index contributed by atoms with van der Waals surface area (Å²) in [6.45, 7) is 1.98. The zero-order valence-corrected chi connectivity index (χ0v) is 15.7. The minimum absolute atomic E-state index is 0.150. The minimum Gasteiger partial charge on any atom is -0.322 e. The Hall–Kier alpha value is -3.24. The average Bonchev–Trinajstić information content (AvgIpc) is 3.13. The number of rotatable bonds is 4. The molecule has 1 heterocycles. The Morgan fingerprint density at radius 2 is 1.78 bits per heavy atom. The third-order valence-corrected chi connectivity index (χ3v) is 5.35. The van der Waals surface area contributed by atoms with E-state index in [-0.39, 0.29) is 5.91 Å². The third kappa shape index (κ3) is 3.96. The predicted octanol–water partition coefficient (Wildman–Crippen LogP) is 5.92. The first-order valence-electron chi connectivity index (χ1n) is 8.70. The standard InChI is InChI=1S/C23H18N2OS/c1-16-11-13-18(23-25-19-9-5-6-10-21(19)27-23)15-20(16)24-22(26)14-12-17-7-3-2-4-8-17/h2-15H,1H3,(H,24,26)/b14-12-. The highest BCUT2D eigenvalue weighted by atomic mass is 32.1. The number of carbonyl (C=O) groups excluding carboxylic acids is 1. The molecule has 1 N–H and O–H groups in total. The second kappa shape index (κ2) is 7.56. The summed E-state index contributed by atoms with van der Waals surface area (Å²) < 4.78 is 1.16. The molecule has 3 nitrogen and oxygen atoms in total. The number of anilines is 1. The van der Waals surface area contributed by atoms with E-state index in [1.165, 1.54) is 0 Å². The van der Waals surface area contributed by atoms with Gasteiger partial charge in [0.1, 0.15) is 5.01 Å². The number of benzene rings is 3. The van der Waals surface area contributed by atoms with Gasteiger partial charge in [-0.15, -0.1) is 11.3 Å². The number of hydrogen-bond acceptors (Lipinski definition) is 3. The van der Waals surface area contributed by atoms with Gasteiger partial charge in [-0.25, -0.2) is 4.98 Å². The van der Waals surface area contributed by atoms with Crippen LogP contribution < -0.4 is 5.32 Å². The smallest absolute Gasteiger partial charge is 0.248 e. The first-order valence-corrected chi connectivity index (χ1v) is 9.51. The van der Waals surface area contributed by atoms with Crippen LogP contribution >= 0.6 is 11.3 Å². The van der Waals surface area contributed by atoms with E-state index in [1.807, 2.05) is 79.7 Å². The third-order valence-electron chi connectivity index (χ3n) is 4.26. The van der Waals surface area contributed by atoms with E-state index in [4.69, 9.17) is 4.98 Å². The van der Waals surface area contributed by atoms with Gasteiger partial charge in [0, 0.05) is 17.3 Å². The van der Waals surface area contributed by atoms with Crippen molar-refractivity contribution in [2.75, 3.05) is 5.32 Å². The number of amides is 1. The Kier molecular flexibility index (Phi) is 4.81. The largest absolute Gasteiger partial charge is 0.322 e. The lowest BCUT2D eigenvalue weighted by Gasteiger charge is -2.08. The average molecular weight is 370 g/mol. The maximum atomic E-state index is 12.3. The molecule has 0 saturated carbocycles. The molecule has 0 atom stereocenters. The van der Waals surface area contributed by atoms with Crippen molar-refractivity contribution >= 4 is 39.2 Å².